The Kier molecular flexibility index (Phi) is 4.74. The molecule has 2 rings (SSSR count). The second kappa shape index (κ2) is 6.53. The van der Waals surface area contributed by atoms with Gasteiger partial charge in [-0.05, 0) is 12.0 Å². The quantitative estimate of drug-likeness (QED) is 0.599. The largest absolute Gasteiger partial charge is 0.484 e. The Morgan fingerprint density at radius 3 is 2.86 bits per heavy atom. The minimum atomic E-state index is -0.521. The number of non-ortho nitro benzene ring substituents is 1. The molecule has 2 aromatic rings. The maximum atomic E-state index is 10.6. The van der Waals surface area contributed by atoms with Crippen molar-refractivity contribution < 1.29 is 14.2 Å². The van der Waals surface area contributed by atoms with E-state index in [1.165, 1.54) is 18.2 Å². The van der Waals surface area contributed by atoms with Crippen LogP contribution in [0.1, 0.15) is 25.6 Å². The van der Waals surface area contributed by atoms with Crippen molar-refractivity contribution in [3.8, 4) is 5.75 Å². The van der Waals surface area contributed by atoms with Gasteiger partial charge in [0.2, 0.25) is 11.7 Å². The Bertz CT molecular complexity index is 642. The summed E-state index contributed by atoms with van der Waals surface area (Å²) >= 11 is 5.92. The molecule has 0 fully saturated rings. The van der Waals surface area contributed by atoms with Gasteiger partial charge in [0.25, 0.3) is 5.69 Å². The van der Waals surface area contributed by atoms with Gasteiger partial charge in [0, 0.05) is 18.6 Å². The number of ether oxygens (including phenoxy) is 1. The molecule has 0 aliphatic heterocycles. The van der Waals surface area contributed by atoms with E-state index >= 15 is 0 Å². The highest BCUT2D eigenvalue weighted by molar-refractivity contribution is 6.32. The summed E-state index contributed by atoms with van der Waals surface area (Å²) in [6, 6.07) is 3.99. The predicted molar refractivity (Wildman–Crippen MR) is 75.3 cm³/mol. The van der Waals surface area contributed by atoms with Crippen LogP contribution in [0.25, 0.3) is 0 Å². The maximum Gasteiger partial charge on any atom is 0.271 e. The number of halogens is 1. The number of nitrogens with zero attached hydrogens (tertiary/aromatic N) is 3. The first-order valence-corrected chi connectivity index (χ1v) is 6.71. The van der Waals surface area contributed by atoms with E-state index in [1.807, 2.05) is 0 Å². The van der Waals surface area contributed by atoms with Crippen LogP contribution in [0.2, 0.25) is 5.02 Å². The third-order valence-corrected chi connectivity index (χ3v) is 2.87. The minimum absolute atomic E-state index is 0.0825. The van der Waals surface area contributed by atoms with Crippen molar-refractivity contribution in [3.05, 3.63) is 45.1 Å². The highest BCUT2D eigenvalue weighted by Crippen LogP contribution is 2.29. The summed E-state index contributed by atoms with van der Waals surface area (Å²) in [4.78, 5) is 14.3. The standard InChI is InChI=1S/C13H14ClN3O4/c1-8(2)5-13-15-12(16-21-13)7-20-11-4-3-9(17(18)19)6-10(11)14/h3-4,6,8H,5,7H2,1-2H3. The molecule has 7 nitrogen and oxygen atoms in total. The molecule has 21 heavy (non-hydrogen) atoms. The molecule has 0 N–H and O–H groups in total. The first-order valence-electron chi connectivity index (χ1n) is 6.34. The molecule has 0 unspecified atom stereocenters. The molecule has 1 aromatic carbocycles. The van der Waals surface area contributed by atoms with Gasteiger partial charge < -0.3 is 9.26 Å². The van der Waals surface area contributed by atoms with Crippen molar-refractivity contribution in [2.45, 2.75) is 26.9 Å². The summed E-state index contributed by atoms with van der Waals surface area (Å²) in [7, 11) is 0. The van der Waals surface area contributed by atoms with E-state index in [4.69, 9.17) is 20.9 Å². The van der Waals surface area contributed by atoms with E-state index < -0.39 is 4.92 Å². The van der Waals surface area contributed by atoms with E-state index in [0.717, 1.165) is 0 Å². The molecular weight excluding hydrogens is 298 g/mol. The van der Waals surface area contributed by atoms with Gasteiger partial charge in [0.05, 0.1) is 9.95 Å². The molecular formula is C13H14ClN3O4. The molecule has 0 amide bonds. The first-order chi connectivity index (χ1) is 9.95. The van der Waals surface area contributed by atoms with E-state index in [0.29, 0.717) is 29.8 Å². The predicted octanol–water partition coefficient (Wildman–Crippen LogP) is 3.41. The fraction of sp³-hybridized carbons (Fsp3) is 0.385. The van der Waals surface area contributed by atoms with E-state index in [9.17, 15) is 10.1 Å². The number of aromatic nitrogens is 2. The average molecular weight is 312 g/mol. The smallest absolute Gasteiger partial charge is 0.271 e. The highest BCUT2D eigenvalue weighted by Gasteiger charge is 2.12. The minimum Gasteiger partial charge on any atom is -0.484 e. The van der Waals surface area contributed by atoms with Crippen LogP contribution < -0.4 is 4.74 Å². The molecule has 0 bridgehead atoms. The Hall–Kier alpha value is -2.15. The van der Waals surface area contributed by atoms with Gasteiger partial charge in [-0.2, -0.15) is 4.98 Å². The van der Waals surface area contributed by atoms with E-state index in [1.54, 1.807) is 0 Å². The SMILES string of the molecule is CC(C)Cc1nc(COc2ccc([N+](=O)[O-])cc2Cl)no1. The Labute approximate surface area is 126 Å². The third kappa shape index (κ3) is 4.16. The van der Waals surface area contributed by atoms with Gasteiger partial charge in [-0.1, -0.05) is 30.6 Å². The first kappa shape index (κ1) is 15.2. The zero-order valence-corrected chi connectivity index (χ0v) is 12.3. The summed E-state index contributed by atoms with van der Waals surface area (Å²) in [5.41, 5.74) is -0.0915. The summed E-state index contributed by atoms with van der Waals surface area (Å²) in [5.74, 6) is 1.71. The fourth-order valence-electron chi connectivity index (χ4n) is 1.64. The summed E-state index contributed by atoms with van der Waals surface area (Å²) in [5, 5.41) is 14.6. The van der Waals surface area contributed by atoms with Gasteiger partial charge in [-0.25, -0.2) is 0 Å². The lowest BCUT2D eigenvalue weighted by atomic mass is 10.1. The maximum absolute atomic E-state index is 10.6. The zero-order chi connectivity index (χ0) is 15.4. The number of hydrogen-bond donors (Lipinski definition) is 0. The number of benzene rings is 1. The molecule has 0 saturated carbocycles. The molecule has 0 spiro atoms. The Morgan fingerprint density at radius 1 is 1.48 bits per heavy atom. The molecule has 112 valence electrons. The van der Waals surface area contributed by atoms with Crippen molar-refractivity contribution in [2.75, 3.05) is 0 Å². The second-order valence-electron chi connectivity index (χ2n) is 4.86. The monoisotopic (exact) mass is 311 g/mol. The number of hydrogen-bond acceptors (Lipinski definition) is 6. The second-order valence-corrected chi connectivity index (χ2v) is 5.27. The Balaban J connectivity index is 1.99. The van der Waals surface area contributed by atoms with Crippen LogP contribution in [0.4, 0.5) is 5.69 Å². The van der Waals surface area contributed by atoms with Gasteiger partial charge in [0.15, 0.2) is 6.61 Å². The average Bonchev–Trinajstić information content (AvgIpc) is 2.83. The van der Waals surface area contributed by atoms with Crippen LogP contribution in [-0.2, 0) is 13.0 Å². The molecule has 0 atom stereocenters. The topological polar surface area (TPSA) is 91.3 Å². The summed E-state index contributed by atoms with van der Waals surface area (Å²) < 4.78 is 10.5. The summed E-state index contributed by atoms with van der Waals surface area (Å²) in [6.07, 6.45) is 0.700. The van der Waals surface area contributed by atoms with Crippen LogP contribution in [0.3, 0.4) is 0 Å². The third-order valence-electron chi connectivity index (χ3n) is 2.58. The lowest BCUT2D eigenvalue weighted by Gasteiger charge is -2.05. The normalized spacial score (nSPS) is 10.9. The van der Waals surface area contributed by atoms with Crippen LogP contribution in [-0.4, -0.2) is 15.1 Å². The van der Waals surface area contributed by atoms with Gasteiger partial charge >= 0.3 is 0 Å². The number of nitro groups is 1. The number of nitro benzene ring substituents is 1. The van der Waals surface area contributed by atoms with E-state index in [-0.39, 0.29) is 17.3 Å². The molecule has 8 heteroatoms. The molecule has 0 saturated heterocycles. The molecule has 0 aliphatic rings. The summed E-state index contributed by atoms with van der Waals surface area (Å²) in [6.45, 7) is 4.19. The molecule has 0 radical (unpaired) electrons. The van der Waals surface area contributed by atoms with Crippen LogP contribution in [0, 0.1) is 16.0 Å². The van der Waals surface area contributed by atoms with Crippen molar-refractivity contribution in [3.63, 3.8) is 0 Å². The van der Waals surface area contributed by atoms with Gasteiger partial charge in [-0.3, -0.25) is 10.1 Å². The van der Waals surface area contributed by atoms with Crippen molar-refractivity contribution in [1.82, 2.24) is 10.1 Å². The lowest BCUT2D eigenvalue weighted by Crippen LogP contribution is -1.99. The Morgan fingerprint density at radius 2 is 2.24 bits per heavy atom. The van der Waals surface area contributed by atoms with Gasteiger partial charge in [-0.15, -0.1) is 0 Å². The highest BCUT2D eigenvalue weighted by atomic mass is 35.5. The molecule has 1 aromatic heterocycles. The molecule has 0 aliphatic carbocycles. The lowest BCUT2D eigenvalue weighted by molar-refractivity contribution is -0.384. The molecule has 1 heterocycles. The van der Waals surface area contributed by atoms with Crippen LogP contribution in [0.15, 0.2) is 22.7 Å². The van der Waals surface area contributed by atoms with E-state index in [2.05, 4.69) is 24.0 Å². The zero-order valence-electron chi connectivity index (χ0n) is 11.6. The van der Waals surface area contributed by atoms with Crippen molar-refractivity contribution in [2.24, 2.45) is 5.92 Å². The van der Waals surface area contributed by atoms with Crippen LogP contribution >= 0.6 is 11.6 Å². The van der Waals surface area contributed by atoms with Crippen molar-refractivity contribution in [1.29, 1.82) is 0 Å². The van der Waals surface area contributed by atoms with Crippen LogP contribution in [0.5, 0.6) is 5.75 Å². The van der Waals surface area contributed by atoms with Gasteiger partial charge in [0.1, 0.15) is 5.75 Å². The fourth-order valence-corrected chi connectivity index (χ4v) is 1.87. The van der Waals surface area contributed by atoms with Crippen molar-refractivity contribution >= 4 is 17.3 Å². The number of rotatable bonds is 6.